The van der Waals surface area contributed by atoms with Crippen molar-refractivity contribution in [1.82, 2.24) is 4.98 Å². The van der Waals surface area contributed by atoms with Gasteiger partial charge in [0.05, 0.1) is 11.4 Å². The fourth-order valence-electron chi connectivity index (χ4n) is 1.38. The SMILES string of the molecule is Nc1ccc(Br)cc1NCc1ccncc1. The number of nitrogens with zero attached hydrogens (tertiary/aromatic N) is 1. The highest BCUT2D eigenvalue weighted by molar-refractivity contribution is 9.10. The van der Waals surface area contributed by atoms with Crippen molar-refractivity contribution in [2.24, 2.45) is 0 Å². The summed E-state index contributed by atoms with van der Waals surface area (Å²) >= 11 is 3.42. The second kappa shape index (κ2) is 4.99. The van der Waals surface area contributed by atoms with Crippen LogP contribution in [0, 0.1) is 0 Å². The van der Waals surface area contributed by atoms with Gasteiger partial charge in [-0.15, -0.1) is 0 Å². The first-order valence-electron chi connectivity index (χ1n) is 4.93. The maximum Gasteiger partial charge on any atom is 0.0587 e. The zero-order valence-electron chi connectivity index (χ0n) is 8.65. The van der Waals surface area contributed by atoms with E-state index in [-0.39, 0.29) is 0 Å². The average molecular weight is 278 g/mol. The van der Waals surface area contributed by atoms with Crippen molar-refractivity contribution in [3.63, 3.8) is 0 Å². The molecule has 0 aliphatic rings. The minimum absolute atomic E-state index is 0.739. The Morgan fingerprint density at radius 3 is 2.69 bits per heavy atom. The van der Waals surface area contributed by atoms with Gasteiger partial charge in [-0.25, -0.2) is 0 Å². The van der Waals surface area contributed by atoms with Crippen LogP contribution in [0.2, 0.25) is 0 Å². The molecule has 0 spiro atoms. The van der Waals surface area contributed by atoms with E-state index in [0.29, 0.717) is 0 Å². The zero-order chi connectivity index (χ0) is 11.4. The molecule has 16 heavy (non-hydrogen) atoms. The van der Waals surface area contributed by atoms with Crippen molar-refractivity contribution in [3.8, 4) is 0 Å². The molecule has 4 heteroatoms. The summed E-state index contributed by atoms with van der Waals surface area (Å²) in [6.45, 7) is 0.739. The third-order valence-corrected chi connectivity index (χ3v) is 2.74. The van der Waals surface area contributed by atoms with E-state index in [9.17, 15) is 0 Å². The predicted octanol–water partition coefficient (Wildman–Crippen LogP) is 3.04. The molecular weight excluding hydrogens is 266 g/mol. The lowest BCUT2D eigenvalue weighted by Crippen LogP contribution is -2.02. The minimum atomic E-state index is 0.739. The molecule has 0 atom stereocenters. The number of anilines is 2. The van der Waals surface area contributed by atoms with E-state index in [1.165, 1.54) is 5.56 Å². The molecular formula is C12H12BrN3. The lowest BCUT2D eigenvalue weighted by Gasteiger charge is -2.09. The molecule has 0 amide bonds. The third kappa shape index (κ3) is 2.73. The molecule has 1 heterocycles. The Morgan fingerprint density at radius 2 is 1.94 bits per heavy atom. The van der Waals surface area contributed by atoms with Crippen molar-refractivity contribution in [1.29, 1.82) is 0 Å². The molecule has 1 aromatic heterocycles. The van der Waals surface area contributed by atoms with Crippen LogP contribution in [0.3, 0.4) is 0 Å². The standard InChI is InChI=1S/C12H12BrN3/c13-10-1-2-11(14)12(7-10)16-8-9-3-5-15-6-4-9/h1-7,16H,8,14H2. The van der Waals surface area contributed by atoms with Crippen LogP contribution in [0.1, 0.15) is 5.56 Å². The highest BCUT2D eigenvalue weighted by Gasteiger charge is 1.99. The van der Waals surface area contributed by atoms with Crippen molar-refractivity contribution in [3.05, 3.63) is 52.8 Å². The van der Waals surface area contributed by atoms with Crippen LogP contribution < -0.4 is 11.1 Å². The Bertz CT molecular complexity index is 471. The first-order valence-corrected chi connectivity index (χ1v) is 5.73. The fraction of sp³-hybridized carbons (Fsp3) is 0.0833. The van der Waals surface area contributed by atoms with Gasteiger partial charge in [0.2, 0.25) is 0 Å². The summed E-state index contributed by atoms with van der Waals surface area (Å²) in [5, 5.41) is 3.29. The molecule has 0 saturated heterocycles. The molecule has 82 valence electrons. The lowest BCUT2D eigenvalue weighted by atomic mass is 10.2. The maximum absolute atomic E-state index is 5.86. The van der Waals surface area contributed by atoms with Crippen LogP contribution in [-0.2, 0) is 6.54 Å². The number of hydrogen-bond acceptors (Lipinski definition) is 3. The number of rotatable bonds is 3. The van der Waals surface area contributed by atoms with Gasteiger partial charge in [-0.2, -0.15) is 0 Å². The number of nitrogens with one attached hydrogen (secondary N) is 1. The van der Waals surface area contributed by atoms with Crippen LogP contribution in [-0.4, -0.2) is 4.98 Å². The van der Waals surface area contributed by atoms with Gasteiger partial charge in [0.1, 0.15) is 0 Å². The monoisotopic (exact) mass is 277 g/mol. The van der Waals surface area contributed by atoms with E-state index in [1.807, 2.05) is 30.3 Å². The normalized spacial score (nSPS) is 10.1. The quantitative estimate of drug-likeness (QED) is 0.848. The van der Waals surface area contributed by atoms with Gasteiger partial charge in [-0.3, -0.25) is 4.98 Å². The van der Waals surface area contributed by atoms with E-state index < -0.39 is 0 Å². The summed E-state index contributed by atoms with van der Waals surface area (Å²) in [7, 11) is 0. The van der Waals surface area contributed by atoms with Gasteiger partial charge in [0.25, 0.3) is 0 Å². The molecule has 0 radical (unpaired) electrons. The van der Waals surface area contributed by atoms with Crippen LogP contribution in [0.25, 0.3) is 0 Å². The second-order valence-electron chi connectivity index (χ2n) is 3.44. The summed E-state index contributed by atoms with van der Waals surface area (Å²) in [4.78, 5) is 3.97. The highest BCUT2D eigenvalue weighted by atomic mass is 79.9. The van der Waals surface area contributed by atoms with Crippen molar-refractivity contribution < 1.29 is 0 Å². The van der Waals surface area contributed by atoms with Crippen LogP contribution in [0.15, 0.2) is 47.2 Å². The molecule has 2 aromatic rings. The summed E-state index contributed by atoms with van der Waals surface area (Å²) in [5.41, 5.74) is 8.72. The molecule has 0 bridgehead atoms. The number of nitrogens with two attached hydrogens (primary N) is 1. The minimum Gasteiger partial charge on any atom is -0.397 e. The summed E-state index contributed by atoms with van der Waals surface area (Å²) in [6.07, 6.45) is 3.56. The molecule has 0 fully saturated rings. The van der Waals surface area contributed by atoms with Gasteiger partial charge in [-0.05, 0) is 35.9 Å². The third-order valence-electron chi connectivity index (χ3n) is 2.25. The van der Waals surface area contributed by atoms with Crippen LogP contribution in [0.4, 0.5) is 11.4 Å². The Labute approximate surface area is 103 Å². The summed E-state index contributed by atoms with van der Waals surface area (Å²) < 4.78 is 1.01. The topological polar surface area (TPSA) is 50.9 Å². The van der Waals surface area contributed by atoms with Crippen molar-refractivity contribution in [2.75, 3.05) is 11.1 Å². The van der Waals surface area contributed by atoms with E-state index in [0.717, 1.165) is 22.4 Å². The number of aromatic nitrogens is 1. The summed E-state index contributed by atoms with van der Waals surface area (Å²) in [6, 6.07) is 9.71. The van der Waals surface area contributed by atoms with Gasteiger partial charge in [-0.1, -0.05) is 15.9 Å². The van der Waals surface area contributed by atoms with Crippen LogP contribution >= 0.6 is 15.9 Å². The molecule has 1 aromatic carbocycles. The molecule has 2 rings (SSSR count). The first kappa shape index (κ1) is 11.0. The highest BCUT2D eigenvalue weighted by Crippen LogP contribution is 2.23. The smallest absolute Gasteiger partial charge is 0.0587 e. The predicted molar refractivity (Wildman–Crippen MR) is 70.1 cm³/mol. The number of hydrogen-bond donors (Lipinski definition) is 2. The Balaban J connectivity index is 2.08. The molecule has 3 N–H and O–H groups in total. The van der Waals surface area contributed by atoms with E-state index in [2.05, 4.69) is 26.2 Å². The van der Waals surface area contributed by atoms with Gasteiger partial charge >= 0.3 is 0 Å². The van der Waals surface area contributed by atoms with E-state index in [1.54, 1.807) is 12.4 Å². The molecule has 3 nitrogen and oxygen atoms in total. The van der Waals surface area contributed by atoms with E-state index in [4.69, 9.17) is 5.73 Å². The van der Waals surface area contributed by atoms with Gasteiger partial charge < -0.3 is 11.1 Å². The van der Waals surface area contributed by atoms with E-state index >= 15 is 0 Å². The lowest BCUT2D eigenvalue weighted by molar-refractivity contribution is 1.13. The largest absolute Gasteiger partial charge is 0.397 e. The Hall–Kier alpha value is -1.55. The molecule has 0 aliphatic carbocycles. The zero-order valence-corrected chi connectivity index (χ0v) is 10.2. The van der Waals surface area contributed by atoms with Gasteiger partial charge in [0.15, 0.2) is 0 Å². The fourth-order valence-corrected chi connectivity index (χ4v) is 1.74. The number of pyridine rings is 1. The number of benzene rings is 1. The maximum atomic E-state index is 5.86. The van der Waals surface area contributed by atoms with Gasteiger partial charge in [0, 0.05) is 23.4 Å². The number of nitrogen functional groups attached to an aromatic ring is 1. The van der Waals surface area contributed by atoms with Crippen molar-refractivity contribution >= 4 is 27.3 Å². The van der Waals surface area contributed by atoms with Crippen molar-refractivity contribution in [2.45, 2.75) is 6.54 Å². The summed E-state index contributed by atoms with van der Waals surface area (Å²) in [5.74, 6) is 0. The molecule has 0 aliphatic heterocycles. The Morgan fingerprint density at radius 1 is 1.19 bits per heavy atom. The average Bonchev–Trinajstić information content (AvgIpc) is 2.32. The second-order valence-corrected chi connectivity index (χ2v) is 4.36. The molecule has 0 unspecified atom stereocenters. The Kier molecular flexibility index (Phi) is 3.41. The molecule has 0 saturated carbocycles. The van der Waals surface area contributed by atoms with Crippen LogP contribution in [0.5, 0.6) is 0 Å². The number of halogens is 1. The first-order chi connectivity index (χ1) is 7.75.